The zero-order valence-electron chi connectivity index (χ0n) is 10.3. The third kappa shape index (κ3) is 2.55. The highest BCUT2D eigenvalue weighted by Crippen LogP contribution is 2.21. The van der Waals surface area contributed by atoms with Crippen LogP contribution in [0.15, 0.2) is 6.20 Å². The van der Waals surface area contributed by atoms with Gasteiger partial charge in [-0.3, -0.25) is 9.89 Å². The van der Waals surface area contributed by atoms with Gasteiger partial charge in [-0.2, -0.15) is 5.10 Å². The molecule has 2 heterocycles. The number of anilines is 1. The van der Waals surface area contributed by atoms with Crippen molar-refractivity contribution in [3.63, 3.8) is 0 Å². The van der Waals surface area contributed by atoms with Crippen molar-refractivity contribution in [3.8, 4) is 0 Å². The first kappa shape index (κ1) is 13.1. The average molecular weight is 271 g/mol. The van der Waals surface area contributed by atoms with Crippen molar-refractivity contribution in [2.24, 2.45) is 0 Å². The number of carbonyl (C=O) groups excluding carboxylic acids is 1. The number of hydrogen-bond acceptors (Lipinski definition) is 4. The van der Waals surface area contributed by atoms with Gasteiger partial charge in [0.05, 0.1) is 11.9 Å². The minimum atomic E-state index is -3.29. The maximum atomic E-state index is 12.0. The summed E-state index contributed by atoms with van der Waals surface area (Å²) in [5, 5.41) is 8.23. The molecule has 7 heteroatoms. The summed E-state index contributed by atoms with van der Waals surface area (Å²) in [6, 6.07) is 0. The molecular formula is C11H17N3O3S. The van der Waals surface area contributed by atoms with Gasteiger partial charge in [0.2, 0.25) is 5.91 Å². The number of hydrogen-bond donors (Lipinski definition) is 2. The van der Waals surface area contributed by atoms with Crippen LogP contribution in [0.5, 0.6) is 0 Å². The summed E-state index contributed by atoms with van der Waals surface area (Å²) in [6.45, 7) is 1.94. The van der Waals surface area contributed by atoms with Gasteiger partial charge in [0.25, 0.3) is 0 Å². The molecule has 0 saturated carbocycles. The van der Waals surface area contributed by atoms with E-state index in [9.17, 15) is 13.2 Å². The molecule has 1 aromatic heterocycles. The fourth-order valence-electron chi connectivity index (χ4n) is 2.14. The van der Waals surface area contributed by atoms with Gasteiger partial charge in [0.1, 0.15) is 11.1 Å². The van der Waals surface area contributed by atoms with Crippen LogP contribution in [0.1, 0.15) is 31.7 Å². The Bertz CT molecular complexity index is 535. The first-order chi connectivity index (χ1) is 8.54. The lowest BCUT2D eigenvalue weighted by Crippen LogP contribution is -2.39. The van der Waals surface area contributed by atoms with Crippen LogP contribution in [0, 0.1) is 0 Å². The molecule has 0 aliphatic carbocycles. The monoisotopic (exact) mass is 271 g/mol. The predicted octanol–water partition coefficient (Wildman–Crippen LogP) is 0.878. The standard InChI is InChI=1S/C11H17N3O3S/c1-2-8-7-12-14-10(8)13-11(15)9-5-3-4-6-18(9,16)17/h7,9H,2-6H2,1H3,(H2,12,13,14,15). The van der Waals surface area contributed by atoms with Crippen molar-refractivity contribution in [3.05, 3.63) is 11.8 Å². The fourth-order valence-corrected chi connectivity index (χ4v) is 3.94. The van der Waals surface area contributed by atoms with Crippen molar-refractivity contribution in [1.82, 2.24) is 10.2 Å². The Morgan fingerprint density at radius 1 is 1.56 bits per heavy atom. The second-order valence-corrected chi connectivity index (χ2v) is 6.77. The van der Waals surface area contributed by atoms with Gasteiger partial charge in [-0.25, -0.2) is 8.42 Å². The Morgan fingerprint density at radius 3 is 3.00 bits per heavy atom. The van der Waals surface area contributed by atoms with Gasteiger partial charge in [0, 0.05) is 5.56 Å². The van der Waals surface area contributed by atoms with E-state index in [-0.39, 0.29) is 5.75 Å². The lowest BCUT2D eigenvalue weighted by atomic mass is 10.2. The first-order valence-corrected chi connectivity index (χ1v) is 7.81. The van der Waals surface area contributed by atoms with Crippen LogP contribution < -0.4 is 5.32 Å². The number of sulfone groups is 1. The van der Waals surface area contributed by atoms with Crippen LogP contribution in [-0.2, 0) is 21.1 Å². The summed E-state index contributed by atoms with van der Waals surface area (Å²) >= 11 is 0. The van der Waals surface area contributed by atoms with E-state index in [0.29, 0.717) is 18.7 Å². The van der Waals surface area contributed by atoms with Crippen molar-refractivity contribution in [2.75, 3.05) is 11.1 Å². The molecule has 1 aliphatic rings. The molecule has 1 unspecified atom stereocenters. The zero-order chi connectivity index (χ0) is 13.2. The van der Waals surface area contributed by atoms with Gasteiger partial charge in [-0.1, -0.05) is 13.3 Å². The average Bonchev–Trinajstić information content (AvgIpc) is 2.75. The predicted molar refractivity (Wildman–Crippen MR) is 68.0 cm³/mol. The highest BCUT2D eigenvalue weighted by molar-refractivity contribution is 7.92. The van der Waals surface area contributed by atoms with Crippen LogP contribution in [0.2, 0.25) is 0 Å². The Morgan fingerprint density at radius 2 is 2.33 bits per heavy atom. The number of nitrogens with zero attached hydrogens (tertiary/aromatic N) is 1. The van der Waals surface area contributed by atoms with Crippen LogP contribution >= 0.6 is 0 Å². The molecule has 0 radical (unpaired) electrons. The Kier molecular flexibility index (Phi) is 3.70. The second kappa shape index (κ2) is 5.09. The number of amides is 1. The van der Waals surface area contributed by atoms with Crippen molar-refractivity contribution >= 4 is 21.6 Å². The number of aromatic amines is 1. The van der Waals surface area contributed by atoms with Gasteiger partial charge < -0.3 is 5.32 Å². The molecular weight excluding hydrogens is 254 g/mol. The summed E-state index contributed by atoms with van der Waals surface area (Å²) in [6.07, 6.45) is 4.19. The molecule has 2 N–H and O–H groups in total. The summed E-state index contributed by atoms with van der Waals surface area (Å²) in [7, 11) is -3.29. The Labute approximate surface area is 106 Å². The van der Waals surface area contributed by atoms with Crippen LogP contribution in [0.3, 0.4) is 0 Å². The lowest BCUT2D eigenvalue weighted by molar-refractivity contribution is -0.116. The van der Waals surface area contributed by atoms with E-state index in [1.54, 1.807) is 6.20 Å². The lowest BCUT2D eigenvalue weighted by Gasteiger charge is -2.21. The summed E-state index contributed by atoms with van der Waals surface area (Å²) in [5.41, 5.74) is 0.872. The molecule has 1 amide bonds. The quantitative estimate of drug-likeness (QED) is 0.853. The van der Waals surface area contributed by atoms with Crippen LogP contribution in [0.4, 0.5) is 5.82 Å². The molecule has 100 valence electrons. The van der Waals surface area contributed by atoms with E-state index in [0.717, 1.165) is 18.4 Å². The Balaban J connectivity index is 2.12. The summed E-state index contributed by atoms with van der Waals surface area (Å²) in [5.74, 6) is 0.159. The van der Waals surface area contributed by atoms with Crippen molar-refractivity contribution < 1.29 is 13.2 Å². The minimum Gasteiger partial charge on any atom is -0.310 e. The van der Waals surface area contributed by atoms with Crippen LogP contribution in [-0.4, -0.2) is 35.5 Å². The Hall–Kier alpha value is -1.37. The number of carbonyl (C=O) groups is 1. The van der Waals surface area contributed by atoms with E-state index in [4.69, 9.17) is 0 Å². The number of H-pyrrole nitrogens is 1. The number of nitrogens with one attached hydrogen (secondary N) is 2. The summed E-state index contributed by atoms with van der Waals surface area (Å²) in [4.78, 5) is 12.0. The van der Waals surface area contributed by atoms with E-state index >= 15 is 0 Å². The van der Waals surface area contributed by atoms with E-state index in [1.165, 1.54) is 0 Å². The molecule has 1 aliphatic heterocycles. The molecule has 0 spiro atoms. The maximum Gasteiger partial charge on any atom is 0.243 e. The number of rotatable bonds is 3. The van der Waals surface area contributed by atoms with Gasteiger partial charge >= 0.3 is 0 Å². The van der Waals surface area contributed by atoms with Gasteiger partial charge in [-0.15, -0.1) is 0 Å². The third-order valence-corrected chi connectivity index (χ3v) is 5.39. The van der Waals surface area contributed by atoms with Gasteiger partial charge in [-0.05, 0) is 19.3 Å². The molecule has 1 aromatic rings. The molecule has 1 atom stereocenters. The fraction of sp³-hybridized carbons (Fsp3) is 0.636. The normalized spacial score (nSPS) is 22.6. The molecule has 6 nitrogen and oxygen atoms in total. The largest absolute Gasteiger partial charge is 0.310 e. The third-order valence-electron chi connectivity index (χ3n) is 3.22. The first-order valence-electron chi connectivity index (χ1n) is 6.09. The highest BCUT2D eigenvalue weighted by Gasteiger charge is 2.35. The molecule has 0 aromatic carbocycles. The zero-order valence-corrected chi connectivity index (χ0v) is 11.1. The molecule has 18 heavy (non-hydrogen) atoms. The summed E-state index contributed by atoms with van der Waals surface area (Å²) < 4.78 is 23.6. The van der Waals surface area contributed by atoms with E-state index < -0.39 is 21.0 Å². The number of aromatic nitrogens is 2. The maximum absolute atomic E-state index is 12.0. The second-order valence-electron chi connectivity index (χ2n) is 4.46. The van der Waals surface area contributed by atoms with E-state index in [2.05, 4.69) is 15.5 Å². The smallest absolute Gasteiger partial charge is 0.243 e. The molecule has 2 rings (SSSR count). The molecule has 0 bridgehead atoms. The highest BCUT2D eigenvalue weighted by atomic mass is 32.2. The molecule has 1 fully saturated rings. The van der Waals surface area contributed by atoms with Crippen molar-refractivity contribution in [2.45, 2.75) is 37.9 Å². The van der Waals surface area contributed by atoms with E-state index in [1.807, 2.05) is 6.92 Å². The van der Waals surface area contributed by atoms with Crippen LogP contribution in [0.25, 0.3) is 0 Å². The minimum absolute atomic E-state index is 0.106. The topological polar surface area (TPSA) is 91.9 Å². The number of aryl methyl sites for hydroxylation is 1. The SMILES string of the molecule is CCc1cn[nH]c1NC(=O)C1CCCCS1(=O)=O. The molecule has 1 saturated heterocycles. The van der Waals surface area contributed by atoms with Crippen molar-refractivity contribution in [1.29, 1.82) is 0 Å². The van der Waals surface area contributed by atoms with Gasteiger partial charge in [0.15, 0.2) is 9.84 Å².